The molecule has 0 aliphatic heterocycles. The van der Waals surface area contributed by atoms with Crippen molar-refractivity contribution >= 4 is 16.7 Å². The number of rotatable bonds is 3. The molecule has 20 heavy (non-hydrogen) atoms. The summed E-state index contributed by atoms with van der Waals surface area (Å²) in [5, 5.41) is 9.51. The van der Waals surface area contributed by atoms with Gasteiger partial charge in [-0.2, -0.15) is 0 Å². The molecule has 2 heterocycles. The fraction of sp³-hybridized carbons (Fsp3) is 0.200. The zero-order valence-corrected chi connectivity index (χ0v) is 11.2. The first kappa shape index (κ1) is 12.6. The van der Waals surface area contributed by atoms with Crippen molar-refractivity contribution in [1.29, 1.82) is 0 Å². The molecular weight excluding hydrogens is 252 g/mol. The van der Waals surface area contributed by atoms with Crippen LogP contribution in [-0.2, 0) is 13.2 Å². The van der Waals surface area contributed by atoms with Crippen LogP contribution in [0.25, 0.3) is 11.0 Å². The summed E-state index contributed by atoms with van der Waals surface area (Å²) in [6.45, 7) is 2.58. The molecule has 0 unspecified atom stereocenters. The highest BCUT2D eigenvalue weighted by Gasteiger charge is 2.11. The summed E-state index contributed by atoms with van der Waals surface area (Å²) in [7, 11) is 0. The number of benzene rings is 1. The molecule has 0 radical (unpaired) electrons. The number of aliphatic hydroxyl groups is 1. The van der Waals surface area contributed by atoms with Gasteiger partial charge in [0, 0.05) is 18.1 Å². The Morgan fingerprint density at radius 3 is 2.90 bits per heavy atom. The van der Waals surface area contributed by atoms with Crippen molar-refractivity contribution in [3.63, 3.8) is 0 Å². The molecule has 0 saturated carbocycles. The van der Waals surface area contributed by atoms with Crippen molar-refractivity contribution < 1.29 is 5.11 Å². The quantitative estimate of drug-likeness (QED) is 0.711. The monoisotopic (exact) mass is 268 g/mol. The zero-order chi connectivity index (χ0) is 14.1. The Morgan fingerprint density at radius 2 is 2.15 bits per heavy atom. The Balaban J connectivity index is 2.12. The van der Waals surface area contributed by atoms with Crippen molar-refractivity contribution in [3.8, 4) is 0 Å². The maximum atomic E-state index is 9.51. The lowest BCUT2D eigenvalue weighted by Crippen LogP contribution is -2.06. The van der Waals surface area contributed by atoms with E-state index in [1.807, 2.05) is 42.0 Å². The maximum Gasteiger partial charge on any atom is 0.136 e. The highest BCUT2D eigenvalue weighted by atomic mass is 16.3. The second-order valence-electron chi connectivity index (χ2n) is 4.82. The number of aryl methyl sites for hydroxylation is 1. The molecule has 5 heteroatoms. The van der Waals surface area contributed by atoms with Crippen molar-refractivity contribution in [2.24, 2.45) is 0 Å². The van der Waals surface area contributed by atoms with E-state index in [1.165, 1.54) is 5.56 Å². The molecule has 0 spiro atoms. The van der Waals surface area contributed by atoms with E-state index in [-0.39, 0.29) is 6.61 Å². The average molecular weight is 268 g/mol. The van der Waals surface area contributed by atoms with Gasteiger partial charge in [-0.3, -0.25) is 4.98 Å². The Hall–Kier alpha value is -2.40. The van der Waals surface area contributed by atoms with Crippen LogP contribution in [-0.4, -0.2) is 19.6 Å². The fourth-order valence-electron chi connectivity index (χ4n) is 2.33. The summed E-state index contributed by atoms with van der Waals surface area (Å²) in [4.78, 5) is 8.59. The molecule has 3 aromatic rings. The molecule has 0 bridgehead atoms. The van der Waals surface area contributed by atoms with E-state index in [0.29, 0.717) is 18.1 Å². The Bertz CT molecular complexity index is 764. The van der Waals surface area contributed by atoms with Gasteiger partial charge >= 0.3 is 0 Å². The number of pyridine rings is 1. The number of nitrogens with zero attached hydrogens (tertiary/aromatic N) is 3. The Labute approximate surface area is 116 Å². The molecule has 0 saturated heterocycles. The van der Waals surface area contributed by atoms with Gasteiger partial charge in [-0.05, 0) is 42.3 Å². The van der Waals surface area contributed by atoms with Gasteiger partial charge in [0.1, 0.15) is 12.4 Å². The van der Waals surface area contributed by atoms with E-state index in [1.54, 1.807) is 6.20 Å². The highest BCUT2D eigenvalue weighted by molar-refractivity contribution is 5.79. The molecule has 0 amide bonds. The van der Waals surface area contributed by atoms with Crippen LogP contribution in [0.15, 0.2) is 36.7 Å². The predicted octanol–water partition coefficient (Wildman–Crippen LogP) is 1.86. The molecule has 0 fully saturated rings. The predicted molar refractivity (Wildman–Crippen MR) is 78.1 cm³/mol. The van der Waals surface area contributed by atoms with Crippen LogP contribution < -0.4 is 5.73 Å². The van der Waals surface area contributed by atoms with Crippen LogP contribution in [0.1, 0.15) is 17.0 Å². The van der Waals surface area contributed by atoms with Gasteiger partial charge < -0.3 is 15.4 Å². The van der Waals surface area contributed by atoms with E-state index in [0.717, 1.165) is 16.6 Å². The van der Waals surface area contributed by atoms with E-state index in [4.69, 9.17) is 5.73 Å². The van der Waals surface area contributed by atoms with Gasteiger partial charge in [0.05, 0.1) is 17.6 Å². The summed E-state index contributed by atoms with van der Waals surface area (Å²) >= 11 is 0. The third-order valence-electron chi connectivity index (χ3n) is 3.47. The lowest BCUT2D eigenvalue weighted by molar-refractivity contribution is 0.267. The minimum atomic E-state index is -0.103. The van der Waals surface area contributed by atoms with Gasteiger partial charge in [-0.15, -0.1) is 0 Å². The molecule has 0 aliphatic rings. The van der Waals surface area contributed by atoms with Gasteiger partial charge in [0.2, 0.25) is 0 Å². The van der Waals surface area contributed by atoms with Crippen molar-refractivity contribution in [3.05, 3.63) is 53.6 Å². The molecule has 3 rings (SSSR count). The first-order chi connectivity index (χ1) is 9.69. The standard InChI is InChI=1S/C15H16N4O/c1-10-4-5-17-7-11(10)8-19-14-3-2-12(16)6-13(14)18-15(19)9-20/h2-7,20H,8-9,16H2,1H3. The van der Waals surface area contributed by atoms with Gasteiger partial charge in [-0.25, -0.2) is 4.98 Å². The Morgan fingerprint density at radius 1 is 1.30 bits per heavy atom. The summed E-state index contributed by atoms with van der Waals surface area (Å²) in [5.74, 6) is 0.633. The van der Waals surface area contributed by atoms with Crippen molar-refractivity contribution in [2.75, 3.05) is 5.73 Å². The lowest BCUT2D eigenvalue weighted by Gasteiger charge is -2.10. The third-order valence-corrected chi connectivity index (χ3v) is 3.47. The first-order valence-corrected chi connectivity index (χ1v) is 6.44. The molecule has 3 N–H and O–H groups in total. The second kappa shape index (κ2) is 4.94. The van der Waals surface area contributed by atoms with E-state index >= 15 is 0 Å². The van der Waals surface area contributed by atoms with Gasteiger partial charge in [0.25, 0.3) is 0 Å². The number of hydrogen-bond donors (Lipinski definition) is 2. The van der Waals surface area contributed by atoms with Crippen LogP contribution in [0.5, 0.6) is 0 Å². The summed E-state index contributed by atoms with van der Waals surface area (Å²) in [6.07, 6.45) is 3.62. The number of aromatic nitrogens is 3. The summed E-state index contributed by atoms with van der Waals surface area (Å²) < 4.78 is 2.00. The normalized spacial score (nSPS) is 11.1. The minimum Gasteiger partial charge on any atom is -0.399 e. The number of anilines is 1. The van der Waals surface area contributed by atoms with E-state index < -0.39 is 0 Å². The number of nitrogens with two attached hydrogens (primary N) is 1. The number of imidazole rings is 1. The molecular formula is C15H16N4O. The van der Waals surface area contributed by atoms with E-state index in [2.05, 4.69) is 9.97 Å². The smallest absolute Gasteiger partial charge is 0.136 e. The third kappa shape index (κ3) is 2.12. The van der Waals surface area contributed by atoms with E-state index in [9.17, 15) is 5.11 Å². The molecule has 0 atom stereocenters. The summed E-state index contributed by atoms with van der Waals surface area (Å²) in [6, 6.07) is 7.58. The molecule has 2 aromatic heterocycles. The number of nitrogen functional groups attached to an aromatic ring is 1. The van der Waals surface area contributed by atoms with Gasteiger partial charge in [0.15, 0.2) is 0 Å². The molecule has 5 nitrogen and oxygen atoms in total. The topological polar surface area (TPSA) is 77.0 Å². The largest absolute Gasteiger partial charge is 0.399 e. The maximum absolute atomic E-state index is 9.51. The number of hydrogen-bond acceptors (Lipinski definition) is 4. The molecule has 1 aromatic carbocycles. The molecule has 0 aliphatic carbocycles. The van der Waals surface area contributed by atoms with Crippen LogP contribution in [0.4, 0.5) is 5.69 Å². The van der Waals surface area contributed by atoms with Crippen LogP contribution in [0.3, 0.4) is 0 Å². The molecule has 102 valence electrons. The Kier molecular flexibility index (Phi) is 3.12. The number of fused-ring (bicyclic) bond motifs is 1. The minimum absolute atomic E-state index is 0.103. The van der Waals surface area contributed by atoms with Crippen molar-refractivity contribution in [1.82, 2.24) is 14.5 Å². The average Bonchev–Trinajstić information content (AvgIpc) is 2.78. The summed E-state index contributed by atoms with van der Waals surface area (Å²) in [5.41, 5.74) is 10.5. The first-order valence-electron chi connectivity index (χ1n) is 6.44. The van der Waals surface area contributed by atoms with Crippen molar-refractivity contribution in [2.45, 2.75) is 20.1 Å². The highest BCUT2D eigenvalue weighted by Crippen LogP contribution is 2.21. The van der Waals surface area contributed by atoms with Crippen LogP contribution >= 0.6 is 0 Å². The SMILES string of the molecule is Cc1ccncc1Cn1c(CO)nc2cc(N)ccc21. The van der Waals surface area contributed by atoms with Crippen LogP contribution in [0.2, 0.25) is 0 Å². The lowest BCUT2D eigenvalue weighted by atomic mass is 10.1. The van der Waals surface area contributed by atoms with Crippen LogP contribution in [0, 0.1) is 6.92 Å². The zero-order valence-electron chi connectivity index (χ0n) is 11.2. The number of aliphatic hydroxyl groups excluding tert-OH is 1. The second-order valence-corrected chi connectivity index (χ2v) is 4.82. The fourth-order valence-corrected chi connectivity index (χ4v) is 2.33. The van der Waals surface area contributed by atoms with Gasteiger partial charge in [-0.1, -0.05) is 0 Å².